The molecule has 0 rings (SSSR count). The first-order valence-corrected chi connectivity index (χ1v) is 3.51. The van der Waals surface area contributed by atoms with Gasteiger partial charge in [-0.1, -0.05) is 11.6 Å². The van der Waals surface area contributed by atoms with Crippen LogP contribution in [0.3, 0.4) is 0 Å². The van der Waals surface area contributed by atoms with Crippen molar-refractivity contribution in [3.63, 3.8) is 0 Å². The highest BCUT2D eigenvalue weighted by Crippen LogP contribution is 1.95. The number of carbonyl (C=O) groups is 2. The number of rotatable bonds is 4. The standard InChI is InChI=1S/C6H8ClNO4.ClH/c1-2-12-6(11)4(10)3(9)5(7)8;/h4,8,10H,2H2,1H3;1H. The number of ketones is 1. The van der Waals surface area contributed by atoms with Gasteiger partial charge >= 0.3 is 5.97 Å². The Morgan fingerprint density at radius 3 is 2.38 bits per heavy atom. The summed E-state index contributed by atoms with van der Waals surface area (Å²) in [4.78, 5) is 21.3. The molecule has 0 spiro atoms. The quantitative estimate of drug-likeness (QED) is 0.407. The van der Waals surface area contributed by atoms with Crippen LogP contribution in [0.25, 0.3) is 0 Å². The van der Waals surface area contributed by atoms with Crippen molar-refractivity contribution in [2.75, 3.05) is 6.61 Å². The number of halogens is 2. The van der Waals surface area contributed by atoms with Crippen LogP contribution in [0, 0.1) is 5.41 Å². The molecule has 0 aliphatic carbocycles. The van der Waals surface area contributed by atoms with Gasteiger partial charge in [0.15, 0.2) is 5.17 Å². The Kier molecular flexibility index (Phi) is 7.79. The van der Waals surface area contributed by atoms with Crippen LogP contribution in [0.5, 0.6) is 0 Å². The second-order valence-electron chi connectivity index (χ2n) is 1.83. The third kappa shape index (κ3) is 4.82. The van der Waals surface area contributed by atoms with Crippen LogP contribution >= 0.6 is 24.0 Å². The van der Waals surface area contributed by atoms with Gasteiger partial charge in [0.2, 0.25) is 11.9 Å². The highest BCUT2D eigenvalue weighted by Gasteiger charge is 2.27. The zero-order chi connectivity index (χ0) is 9.72. The minimum Gasteiger partial charge on any atom is -0.464 e. The molecular formula is C6H9Cl2NO4. The largest absolute Gasteiger partial charge is 0.464 e. The predicted octanol–water partition coefficient (Wildman–Crippen LogP) is 0.117. The van der Waals surface area contributed by atoms with Crippen molar-refractivity contribution < 1.29 is 19.4 Å². The zero-order valence-corrected chi connectivity index (χ0v) is 8.32. The number of aliphatic hydroxyl groups excluding tert-OH is 1. The van der Waals surface area contributed by atoms with Crippen molar-refractivity contribution >= 4 is 40.9 Å². The first-order valence-electron chi connectivity index (χ1n) is 3.13. The number of hydrogen-bond donors (Lipinski definition) is 2. The Hall–Kier alpha value is -0.650. The van der Waals surface area contributed by atoms with Gasteiger partial charge in [0, 0.05) is 0 Å². The topological polar surface area (TPSA) is 87.5 Å². The van der Waals surface area contributed by atoms with Gasteiger partial charge in [-0.3, -0.25) is 10.2 Å². The number of carbonyl (C=O) groups excluding carboxylic acids is 2. The van der Waals surface area contributed by atoms with E-state index in [1.165, 1.54) is 6.92 Å². The Labute approximate surface area is 85.9 Å². The minimum atomic E-state index is -1.98. The molecule has 13 heavy (non-hydrogen) atoms. The lowest BCUT2D eigenvalue weighted by atomic mass is 10.2. The lowest BCUT2D eigenvalue weighted by Gasteiger charge is -2.05. The van der Waals surface area contributed by atoms with Crippen LogP contribution in [-0.2, 0) is 14.3 Å². The smallest absolute Gasteiger partial charge is 0.343 e. The molecule has 0 bridgehead atoms. The van der Waals surface area contributed by atoms with Crippen LogP contribution in [-0.4, -0.2) is 34.7 Å². The summed E-state index contributed by atoms with van der Waals surface area (Å²) in [7, 11) is 0. The predicted molar refractivity (Wildman–Crippen MR) is 48.5 cm³/mol. The number of Topliss-reactive ketones (excluding diaryl/α,β-unsaturated/α-hetero) is 1. The number of aliphatic hydroxyl groups is 1. The van der Waals surface area contributed by atoms with E-state index in [0.29, 0.717) is 0 Å². The first-order chi connectivity index (χ1) is 5.50. The van der Waals surface area contributed by atoms with Crippen LogP contribution < -0.4 is 0 Å². The molecule has 0 fully saturated rings. The van der Waals surface area contributed by atoms with Gasteiger partial charge in [-0.15, -0.1) is 12.4 Å². The summed E-state index contributed by atoms with van der Waals surface area (Å²) in [5, 5.41) is 14.5. The fraction of sp³-hybridized carbons (Fsp3) is 0.500. The molecule has 2 N–H and O–H groups in total. The maximum atomic E-state index is 10.7. The minimum absolute atomic E-state index is 0. The van der Waals surface area contributed by atoms with E-state index in [-0.39, 0.29) is 19.0 Å². The fourth-order valence-electron chi connectivity index (χ4n) is 0.448. The van der Waals surface area contributed by atoms with E-state index in [4.69, 9.17) is 22.1 Å². The molecule has 1 unspecified atom stereocenters. The molecule has 0 aromatic heterocycles. The molecule has 0 aliphatic rings. The molecule has 0 aliphatic heterocycles. The maximum absolute atomic E-state index is 10.7. The Morgan fingerprint density at radius 1 is 1.62 bits per heavy atom. The van der Waals surface area contributed by atoms with Crippen molar-refractivity contribution in [3.05, 3.63) is 0 Å². The Bertz CT molecular complexity index is 219. The van der Waals surface area contributed by atoms with Gasteiger partial charge in [0.25, 0.3) is 0 Å². The second kappa shape index (κ2) is 6.82. The van der Waals surface area contributed by atoms with Crippen molar-refractivity contribution in [2.24, 2.45) is 0 Å². The van der Waals surface area contributed by atoms with Gasteiger partial charge in [0.05, 0.1) is 6.61 Å². The third-order valence-corrected chi connectivity index (χ3v) is 1.16. The number of nitrogens with one attached hydrogen (secondary N) is 1. The summed E-state index contributed by atoms with van der Waals surface area (Å²) in [5.74, 6) is -2.25. The molecule has 5 nitrogen and oxygen atoms in total. The SMILES string of the molecule is CCOC(=O)C(O)C(=O)C(=N)Cl.Cl. The van der Waals surface area contributed by atoms with Gasteiger partial charge in [-0.05, 0) is 6.92 Å². The van der Waals surface area contributed by atoms with Gasteiger partial charge < -0.3 is 9.84 Å². The van der Waals surface area contributed by atoms with Crippen LogP contribution in [0.1, 0.15) is 6.92 Å². The number of esters is 1. The molecule has 7 heteroatoms. The van der Waals surface area contributed by atoms with Crippen LogP contribution in [0.2, 0.25) is 0 Å². The van der Waals surface area contributed by atoms with Gasteiger partial charge in [-0.2, -0.15) is 0 Å². The van der Waals surface area contributed by atoms with E-state index in [9.17, 15) is 9.59 Å². The molecule has 0 aromatic rings. The fourth-order valence-corrected chi connectivity index (χ4v) is 0.552. The molecule has 0 saturated heterocycles. The average Bonchev–Trinajstić information content (AvgIpc) is 2.02. The number of ether oxygens (including phenoxy) is 1. The maximum Gasteiger partial charge on any atom is 0.343 e. The van der Waals surface area contributed by atoms with Crippen LogP contribution in [0.15, 0.2) is 0 Å². The monoisotopic (exact) mass is 229 g/mol. The highest BCUT2D eigenvalue weighted by molar-refractivity contribution is 6.83. The molecule has 0 aromatic carbocycles. The first kappa shape index (κ1) is 14.9. The van der Waals surface area contributed by atoms with E-state index < -0.39 is 23.0 Å². The molecule has 1 atom stereocenters. The normalized spacial score (nSPS) is 11.0. The summed E-state index contributed by atoms with van der Waals surface area (Å²) in [6.07, 6.45) is -1.98. The summed E-state index contributed by atoms with van der Waals surface area (Å²) < 4.78 is 4.31. The Balaban J connectivity index is 0. The van der Waals surface area contributed by atoms with E-state index in [2.05, 4.69) is 4.74 Å². The Morgan fingerprint density at radius 2 is 2.08 bits per heavy atom. The van der Waals surface area contributed by atoms with Gasteiger partial charge in [-0.25, -0.2) is 4.79 Å². The molecule has 0 saturated carbocycles. The molecule has 76 valence electrons. The lowest BCUT2D eigenvalue weighted by molar-refractivity contribution is -0.155. The molecule has 0 radical (unpaired) electrons. The van der Waals surface area contributed by atoms with E-state index in [1.807, 2.05) is 0 Å². The van der Waals surface area contributed by atoms with Crippen LogP contribution in [0.4, 0.5) is 0 Å². The number of hydrogen-bond acceptors (Lipinski definition) is 5. The third-order valence-electron chi connectivity index (χ3n) is 0.975. The average molecular weight is 230 g/mol. The van der Waals surface area contributed by atoms with Crippen molar-refractivity contribution in [1.29, 1.82) is 5.41 Å². The van der Waals surface area contributed by atoms with Crippen molar-refractivity contribution in [3.8, 4) is 0 Å². The van der Waals surface area contributed by atoms with E-state index in [0.717, 1.165) is 0 Å². The van der Waals surface area contributed by atoms with E-state index >= 15 is 0 Å². The lowest BCUT2D eigenvalue weighted by Crippen LogP contribution is -2.34. The van der Waals surface area contributed by atoms with Crippen molar-refractivity contribution in [2.45, 2.75) is 13.0 Å². The van der Waals surface area contributed by atoms with Gasteiger partial charge in [0.1, 0.15) is 0 Å². The summed E-state index contributed by atoms with van der Waals surface area (Å²) in [6.45, 7) is 1.58. The summed E-state index contributed by atoms with van der Waals surface area (Å²) in [6, 6.07) is 0. The molecule has 0 amide bonds. The summed E-state index contributed by atoms with van der Waals surface area (Å²) in [5.41, 5.74) is 0. The van der Waals surface area contributed by atoms with Crippen molar-refractivity contribution in [1.82, 2.24) is 0 Å². The zero-order valence-electron chi connectivity index (χ0n) is 6.74. The highest BCUT2D eigenvalue weighted by atomic mass is 35.5. The summed E-state index contributed by atoms with van der Waals surface area (Å²) >= 11 is 4.93. The second-order valence-corrected chi connectivity index (χ2v) is 2.21. The molecular weight excluding hydrogens is 221 g/mol. The molecule has 0 heterocycles. The van der Waals surface area contributed by atoms with E-state index in [1.54, 1.807) is 0 Å².